The Labute approximate surface area is 104 Å². The van der Waals surface area contributed by atoms with Gasteiger partial charge in [0.1, 0.15) is 0 Å². The van der Waals surface area contributed by atoms with Crippen LogP contribution in [0.3, 0.4) is 0 Å². The second-order valence-corrected chi connectivity index (χ2v) is 9.73. The lowest BCUT2D eigenvalue weighted by atomic mass is 9.91. The SMILES string of the molecule is C=C(/N=C(N)\N=C(/C)C(C)(C)C)SP(C)C. The van der Waals surface area contributed by atoms with Gasteiger partial charge < -0.3 is 5.73 Å². The molecule has 0 spiro atoms. The van der Waals surface area contributed by atoms with Crippen LogP contribution >= 0.6 is 18.5 Å². The Morgan fingerprint density at radius 3 is 2.12 bits per heavy atom. The van der Waals surface area contributed by atoms with E-state index in [0.717, 1.165) is 10.7 Å². The largest absolute Gasteiger partial charge is 0.368 e. The van der Waals surface area contributed by atoms with Gasteiger partial charge in [0, 0.05) is 11.1 Å². The van der Waals surface area contributed by atoms with Crippen molar-refractivity contribution in [2.75, 3.05) is 13.3 Å². The van der Waals surface area contributed by atoms with Crippen molar-refractivity contribution in [3.63, 3.8) is 0 Å². The zero-order valence-electron chi connectivity index (χ0n) is 11.0. The lowest BCUT2D eigenvalue weighted by Crippen LogP contribution is -2.21. The summed E-state index contributed by atoms with van der Waals surface area (Å²) in [6.07, 6.45) is 0. The van der Waals surface area contributed by atoms with Crippen LogP contribution in [0.15, 0.2) is 21.6 Å². The van der Waals surface area contributed by atoms with Crippen LogP contribution < -0.4 is 5.73 Å². The maximum Gasteiger partial charge on any atom is 0.220 e. The van der Waals surface area contributed by atoms with Crippen molar-refractivity contribution in [2.24, 2.45) is 21.1 Å². The number of hydrogen-bond acceptors (Lipinski definition) is 2. The lowest BCUT2D eigenvalue weighted by molar-refractivity contribution is 0.588. The summed E-state index contributed by atoms with van der Waals surface area (Å²) in [5.41, 5.74) is 6.74. The third kappa shape index (κ3) is 7.02. The molecular weight excluding hydrogens is 237 g/mol. The molecule has 0 bridgehead atoms. The van der Waals surface area contributed by atoms with Crippen LogP contribution in [0.5, 0.6) is 0 Å². The average molecular weight is 259 g/mol. The summed E-state index contributed by atoms with van der Waals surface area (Å²) in [6.45, 7) is 16.4. The Bertz CT molecular complexity index is 314. The van der Waals surface area contributed by atoms with Gasteiger partial charge in [-0.1, -0.05) is 38.7 Å². The minimum atomic E-state index is -0.107. The first-order valence-corrected chi connectivity index (χ1v) is 8.73. The normalized spacial score (nSPS) is 14.4. The number of nitrogens with zero attached hydrogens (tertiary/aromatic N) is 2. The first kappa shape index (κ1) is 15.7. The molecule has 0 aliphatic heterocycles. The molecule has 16 heavy (non-hydrogen) atoms. The fraction of sp³-hybridized carbons (Fsp3) is 0.636. The van der Waals surface area contributed by atoms with Crippen molar-refractivity contribution in [1.82, 2.24) is 0 Å². The molecular formula is C11H22N3PS. The van der Waals surface area contributed by atoms with Gasteiger partial charge in [-0.25, -0.2) is 9.98 Å². The van der Waals surface area contributed by atoms with E-state index < -0.39 is 0 Å². The number of hydrogen-bond donors (Lipinski definition) is 1. The Morgan fingerprint density at radius 2 is 1.75 bits per heavy atom. The molecule has 0 saturated carbocycles. The van der Waals surface area contributed by atoms with E-state index in [1.165, 1.54) is 0 Å². The van der Waals surface area contributed by atoms with Crippen LogP contribution in [0.25, 0.3) is 0 Å². The predicted molar refractivity (Wildman–Crippen MR) is 79.7 cm³/mol. The highest BCUT2D eigenvalue weighted by Crippen LogP contribution is 2.46. The van der Waals surface area contributed by atoms with Crippen LogP contribution in [0.4, 0.5) is 0 Å². The molecule has 0 aromatic rings. The fourth-order valence-corrected chi connectivity index (χ4v) is 2.67. The Morgan fingerprint density at radius 1 is 1.25 bits per heavy atom. The minimum Gasteiger partial charge on any atom is -0.368 e. The number of rotatable bonds is 3. The van der Waals surface area contributed by atoms with Gasteiger partial charge in [0.2, 0.25) is 5.96 Å². The molecule has 0 radical (unpaired) electrons. The molecule has 0 aliphatic carbocycles. The molecule has 92 valence electrons. The molecule has 0 atom stereocenters. The van der Waals surface area contributed by atoms with Crippen molar-refractivity contribution in [3.8, 4) is 0 Å². The first-order chi connectivity index (χ1) is 7.12. The summed E-state index contributed by atoms with van der Waals surface area (Å²) in [5.74, 6) is 0.293. The van der Waals surface area contributed by atoms with E-state index in [-0.39, 0.29) is 12.5 Å². The molecule has 0 fully saturated rings. The molecule has 0 aliphatic rings. The molecule has 0 aromatic heterocycles. The van der Waals surface area contributed by atoms with Crippen LogP contribution in [0, 0.1) is 5.41 Å². The molecule has 2 N–H and O–H groups in total. The van der Waals surface area contributed by atoms with Crippen molar-refractivity contribution >= 4 is 30.2 Å². The third-order valence-corrected chi connectivity index (χ3v) is 4.29. The second kappa shape index (κ2) is 6.41. The van der Waals surface area contributed by atoms with Crippen LogP contribution in [0.1, 0.15) is 27.7 Å². The highest BCUT2D eigenvalue weighted by Gasteiger charge is 2.14. The van der Waals surface area contributed by atoms with Crippen molar-refractivity contribution in [3.05, 3.63) is 11.6 Å². The van der Waals surface area contributed by atoms with Gasteiger partial charge >= 0.3 is 0 Å². The van der Waals surface area contributed by atoms with E-state index in [9.17, 15) is 0 Å². The molecule has 0 aromatic carbocycles. The van der Waals surface area contributed by atoms with Crippen molar-refractivity contribution in [1.29, 1.82) is 0 Å². The van der Waals surface area contributed by atoms with E-state index in [0.29, 0.717) is 5.96 Å². The summed E-state index contributed by atoms with van der Waals surface area (Å²) >= 11 is 1.65. The molecule has 3 nitrogen and oxygen atoms in total. The molecule has 0 saturated heterocycles. The highest BCUT2D eigenvalue weighted by molar-refractivity contribution is 8.57. The summed E-state index contributed by atoms with van der Waals surface area (Å²) in [7, 11) is -0.107. The van der Waals surface area contributed by atoms with Gasteiger partial charge in [0.25, 0.3) is 0 Å². The Kier molecular flexibility index (Phi) is 6.27. The lowest BCUT2D eigenvalue weighted by Gasteiger charge is -2.17. The van der Waals surface area contributed by atoms with Crippen molar-refractivity contribution in [2.45, 2.75) is 27.7 Å². The first-order valence-electron chi connectivity index (χ1n) is 5.07. The quantitative estimate of drug-likeness (QED) is 0.477. The third-order valence-electron chi connectivity index (χ3n) is 1.89. The maximum atomic E-state index is 5.74. The van der Waals surface area contributed by atoms with Crippen molar-refractivity contribution < 1.29 is 0 Å². The summed E-state index contributed by atoms with van der Waals surface area (Å²) in [4.78, 5) is 8.44. The van der Waals surface area contributed by atoms with Gasteiger partial charge in [-0.3, -0.25) is 0 Å². The number of aliphatic imine (C=N–C) groups is 2. The van der Waals surface area contributed by atoms with Gasteiger partial charge in [-0.15, -0.1) is 0 Å². The second-order valence-electron chi connectivity index (χ2n) is 4.71. The topological polar surface area (TPSA) is 50.7 Å². The molecule has 0 heterocycles. The van der Waals surface area contributed by atoms with Gasteiger partial charge in [-0.2, -0.15) is 0 Å². The van der Waals surface area contributed by atoms with E-state index in [2.05, 4.69) is 50.7 Å². The van der Waals surface area contributed by atoms with Crippen LogP contribution in [-0.2, 0) is 0 Å². The predicted octanol–water partition coefficient (Wildman–Crippen LogP) is 3.67. The maximum absolute atomic E-state index is 5.74. The summed E-state index contributed by atoms with van der Waals surface area (Å²) in [6, 6.07) is 0. The Balaban J connectivity index is 4.63. The minimum absolute atomic E-state index is 0.0246. The van der Waals surface area contributed by atoms with E-state index in [4.69, 9.17) is 5.73 Å². The zero-order chi connectivity index (χ0) is 12.9. The van der Waals surface area contributed by atoms with E-state index in [1.807, 2.05) is 6.92 Å². The Hall–Kier alpha value is -0.340. The average Bonchev–Trinajstić information content (AvgIpc) is 1.98. The molecule has 0 rings (SSSR count). The van der Waals surface area contributed by atoms with Crippen LogP contribution in [0.2, 0.25) is 0 Å². The van der Waals surface area contributed by atoms with E-state index >= 15 is 0 Å². The smallest absolute Gasteiger partial charge is 0.220 e. The van der Waals surface area contributed by atoms with E-state index in [1.54, 1.807) is 11.4 Å². The highest BCUT2D eigenvalue weighted by atomic mass is 32.7. The number of guanidine groups is 1. The van der Waals surface area contributed by atoms with Gasteiger partial charge in [0.15, 0.2) is 0 Å². The summed E-state index contributed by atoms with van der Waals surface area (Å²) in [5, 5.41) is 0.735. The molecule has 5 heteroatoms. The number of nitrogens with two attached hydrogens (primary N) is 1. The monoisotopic (exact) mass is 259 g/mol. The molecule has 0 unspecified atom stereocenters. The van der Waals surface area contributed by atoms with Crippen LogP contribution in [-0.4, -0.2) is 25.0 Å². The molecule has 0 amide bonds. The van der Waals surface area contributed by atoms with Gasteiger partial charge in [-0.05, 0) is 27.4 Å². The zero-order valence-corrected chi connectivity index (χ0v) is 12.7. The van der Waals surface area contributed by atoms with Gasteiger partial charge in [0.05, 0.1) is 5.03 Å². The fourth-order valence-electron chi connectivity index (χ4n) is 0.723. The summed E-state index contributed by atoms with van der Waals surface area (Å²) < 4.78 is 0. The standard InChI is InChI=1S/C11H22N3PS/c1-8(11(3,4)5)13-10(12)14-9(2)16-15(6)7/h2H2,1,3-7H3,(H2,12,14)/b13-8+.